The lowest BCUT2D eigenvalue weighted by atomic mass is 10.0. The van der Waals surface area contributed by atoms with E-state index in [0.29, 0.717) is 25.7 Å². The Morgan fingerprint density at radius 1 is 0.293 bits per heavy atom. The minimum absolute atomic E-state index is 0.104. The molecular formula is C73H142O17P2. The van der Waals surface area contributed by atoms with Gasteiger partial charge in [-0.25, -0.2) is 9.13 Å². The number of phosphoric acid groups is 2. The molecule has 0 aromatic heterocycles. The number of hydrogen-bond donors (Lipinski definition) is 3. The Bertz CT molecular complexity index is 1800. The SMILES string of the molecule is CCCCCCCCCCCCCC(=O)OC[C@H](COP(=O)(O)OC[C@H](O)COP(=O)(O)OC[C@@H](COC(=O)CCCCCCCCCCC(C)C)OC(=O)CCCCCCCCCCCCCCCCCCC(C)C)OC(=O)CCCCCCCCCCC(C)C. The summed E-state index contributed by atoms with van der Waals surface area (Å²) in [4.78, 5) is 72.6. The Labute approximate surface area is 562 Å². The van der Waals surface area contributed by atoms with Gasteiger partial charge in [0, 0.05) is 25.7 Å². The van der Waals surface area contributed by atoms with Crippen LogP contribution in [0, 0.1) is 17.8 Å². The van der Waals surface area contributed by atoms with Gasteiger partial charge in [0.25, 0.3) is 0 Å². The van der Waals surface area contributed by atoms with Gasteiger partial charge in [0.05, 0.1) is 26.4 Å². The van der Waals surface area contributed by atoms with Crippen molar-refractivity contribution >= 4 is 39.5 Å². The Morgan fingerprint density at radius 3 is 0.739 bits per heavy atom. The Kier molecular flexibility index (Phi) is 62.4. The van der Waals surface area contributed by atoms with E-state index in [4.69, 9.17) is 37.0 Å². The Morgan fingerprint density at radius 2 is 0.500 bits per heavy atom. The molecule has 0 fully saturated rings. The lowest BCUT2D eigenvalue weighted by Crippen LogP contribution is -2.30. The molecule has 0 aliphatic carbocycles. The van der Waals surface area contributed by atoms with E-state index in [1.807, 2.05) is 0 Å². The molecule has 3 N–H and O–H groups in total. The van der Waals surface area contributed by atoms with Gasteiger partial charge in [-0.15, -0.1) is 0 Å². The summed E-state index contributed by atoms with van der Waals surface area (Å²) in [6, 6.07) is 0. The van der Waals surface area contributed by atoms with Crippen molar-refractivity contribution in [3.05, 3.63) is 0 Å². The van der Waals surface area contributed by atoms with Gasteiger partial charge in [-0.2, -0.15) is 0 Å². The molecule has 0 aliphatic heterocycles. The molecule has 0 aromatic rings. The van der Waals surface area contributed by atoms with Crippen LogP contribution in [-0.4, -0.2) is 96.7 Å². The van der Waals surface area contributed by atoms with Gasteiger partial charge in [-0.1, -0.05) is 318 Å². The fraction of sp³-hybridized carbons (Fsp3) is 0.945. The average Bonchev–Trinajstić information content (AvgIpc) is 1.59. The number of esters is 4. The van der Waals surface area contributed by atoms with Gasteiger partial charge in [-0.05, 0) is 43.4 Å². The zero-order valence-corrected chi connectivity index (χ0v) is 61.8. The predicted molar refractivity (Wildman–Crippen MR) is 372 cm³/mol. The summed E-state index contributed by atoms with van der Waals surface area (Å²) in [5, 5.41) is 10.6. The van der Waals surface area contributed by atoms with Crippen molar-refractivity contribution in [3.63, 3.8) is 0 Å². The molecule has 0 spiro atoms. The van der Waals surface area contributed by atoms with Crippen molar-refractivity contribution in [1.82, 2.24) is 0 Å². The van der Waals surface area contributed by atoms with E-state index in [2.05, 4.69) is 48.5 Å². The fourth-order valence-electron chi connectivity index (χ4n) is 11.1. The van der Waals surface area contributed by atoms with E-state index >= 15 is 0 Å². The normalized spacial score (nSPS) is 14.1. The van der Waals surface area contributed by atoms with Crippen LogP contribution in [0.5, 0.6) is 0 Å². The zero-order valence-electron chi connectivity index (χ0n) is 60.0. The number of unbranched alkanes of at least 4 members (excludes halogenated alkanes) is 39. The topological polar surface area (TPSA) is 237 Å². The number of carbonyl (C=O) groups is 4. The van der Waals surface area contributed by atoms with Gasteiger partial charge in [0.2, 0.25) is 0 Å². The molecule has 546 valence electrons. The van der Waals surface area contributed by atoms with Crippen molar-refractivity contribution in [3.8, 4) is 0 Å². The molecule has 0 amide bonds. The van der Waals surface area contributed by atoms with E-state index in [0.717, 1.165) is 108 Å². The highest BCUT2D eigenvalue weighted by Gasteiger charge is 2.30. The van der Waals surface area contributed by atoms with Crippen LogP contribution in [0.3, 0.4) is 0 Å². The summed E-state index contributed by atoms with van der Waals surface area (Å²) >= 11 is 0. The number of phosphoric ester groups is 2. The molecule has 19 heteroatoms. The quantitative estimate of drug-likeness (QED) is 0.0222. The van der Waals surface area contributed by atoms with Gasteiger partial charge in [0.15, 0.2) is 12.2 Å². The molecule has 0 heterocycles. The van der Waals surface area contributed by atoms with Crippen LogP contribution in [0.4, 0.5) is 0 Å². The second kappa shape index (κ2) is 63.8. The van der Waals surface area contributed by atoms with Crippen molar-refractivity contribution < 1.29 is 80.2 Å². The van der Waals surface area contributed by atoms with Gasteiger partial charge >= 0.3 is 39.5 Å². The predicted octanol–water partition coefficient (Wildman–Crippen LogP) is 21.0. The molecule has 17 nitrogen and oxygen atoms in total. The lowest BCUT2D eigenvalue weighted by Gasteiger charge is -2.21. The van der Waals surface area contributed by atoms with Crippen LogP contribution in [0.1, 0.15) is 370 Å². The first kappa shape index (κ1) is 90.1. The Hall–Kier alpha value is -1.94. The summed E-state index contributed by atoms with van der Waals surface area (Å²) in [5.41, 5.74) is 0. The van der Waals surface area contributed by atoms with E-state index < -0.39 is 97.5 Å². The molecule has 0 bridgehead atoms. The number of rotatable bonds is 71. The number of aliphatic hydroxyl groups excluding tert-OH is 1. The summed E-state index contributed by atoms with van der Waals surface area (Å²) in [6.07, 6.45) is 48.6. The highest BCUT2D eigenvalue weighted by Crippen LogP contribution is 2.45. The number of hydrogen-bond acceptors (Lipinski definition) is 15. The first-order valence-electron chi connectivity index (χ1n) is 37.8. The second-order valence-electron chi connectivity index (χ2n) is 27.8. The van der Waals surface area contributed by atoms with Gasteiger partial charge < -0.3 is 33.8 Å². The fourth-order valence-corrected chi connectivity index (χ4v) is 12.7. The van der Waals surface area contributed by atoms with Crippen molar-refractivity contribution in [2.75, 3.05) is 39.6 Å². The zero-order chi connectivity index (χ0) is 68.0. The lowest BCUT2D eigenvalue weighted by molar-refractivity contribution is -0.161. The summed E-state index contributed by atoms with van der Waals surface area (Å²) in [6.45, 7) is 11.8. The molecule has 5 atom stereocenters. The highest BCUT2D eigenvalue weighted by molar-refractivity contribution is 7.47. The van der Waals surface area contributed by atoms with Crippen LogP contribution in [0.2, 0.25) is 0 Å². The number of aliphatic hydroxyl groups is 1. The summed E-state index contributed by atoms with van der Waals surface area (Å²) in [5.74, 6) is 0.130. The molecule has 0 saturated heterocycles. The Balaban J connectivity index is 5.21. The largest absolute Gasteiger partial charge is 0.472 e. The smallest absolute Gasteiger partial charge is 0.462 e. The molecule has 2 unspecified atom stereocenters. The van der Waals surface area contributed by atoms with E-state index in [1.165, 1.54) is 180 Å². The van der Waals surface area contributed by atoms with Crippen LogP contribution >= 0.6 is 15.6 Å². The monoisotopic (exact) mass is 1350 g/mol. The first-order chi connectivity index (χ1) is 44.2. The van der Waals surface area contributed by atoms with Gasteiger partial charge in [-0.3, -0.25) is 37.3 Å². The molecule has 0 rings (SSSR count). The maximum atomic E-state index is 13.0. The highest BCUT2D eigenvalue weighted by atomic mass is 31.2. The van der Waals surface area contributed by atoms with E-state index in [1.54, 1.807) is 0 Å². The molecule has 0 aliphatic rings. The molecule has 92 heavy (non-hydrogen) atoms. The van der Waals surface area contributed by atoms with Crippen LogP contribution in [0.25, 0.3) is 0 Å². The summed E-state index contributed by atoms with van der Waals surface area (Å²) < 4.78 is 68.4. The minimum atomic E-state index is -4.95. The standard InChI is InChI=1S/C73H142O17P2/c1-8-9-10-11-12-13-20-24-33-40-47-54-70(75)83-60-69(90-73(78)57-50-43-36-29-27-32-39-46-53-66(6)7)63-88-92(81,82)86-59-67(74)58-85-91(79,80)87-62-68(61-84-71(76)55-48-41-34-28-26-31-38-45-52-65(4)5)89-72(77)56-49-42-35-25-22-19-17-15-14-16-18-21-23-30-37-44-51-64(2)3/h64-69,74H,8-63H2,1-7H3,(H,79,80)(H,81,82)/t67-,68-,69-/m1/s1. The maximum absolute atomic E-state index is 13.0. The molecule has 0 radical (unpaired) electrons. The minimum Gasteiger partial charge on any atom is -0.462 e. The molecule has 0 saturated carbocycles. The number of carbonyl (C=O) groups excluding carboxylic acids is 4. The maximum Gasteiger partial charge on any atom is 0.472 e. The van der Waals surface area contributed by atoms with E-state index in [9.17, 15) is 43.2 Å². The van der Waals surface area contributed by atoms with Crippen molar-refractivity contribution in [1.29, 1.82) is 0 Å². The van der Waals surface area contributed by atoms with Crippen LogP contribution < -0.4 is 0 Å². The van der Waals surface area contributed by atoms with Crippen LogP contribution in [-0.2, 0) is 65.4 Å². The van der Waals surface area contributed by atoms with E-state index in [-0.39, 0.29) is 25.7 Å². The average molecular weight is 1350 g/mol. The van der Waals surface area contributed by atoms with Crippen LogP contribution in [0.15, 0.2) is 0 Å². The number of ether oxygens (including phenoxy) is 4. The summed E-state index contributed by atoms with van der Waals surface area (Å²) in [7, 11) is -9.90. The van der Waals surface area contributed by atoms with Crippen molar-refractivity contribution in [2.24, 2.45) is 17.8 Å². The van der Waals surface area contributed by atoms with Gasteiger partial charge in [0.1, 0.15) is 19.3 Å². The second-order valence-corrected chi connectivity index (χ2v) is 30.7. The third-order valence-corrected chi connectivity index (χ3v) is 18.8. The first-order valence-corrected chi connectivity index (χ1v) is 40.8. The molecule has 0 aromatic carbocycles. The third-order valence-electron chi connectivity index (χ3n) is 16.9. The third kappa shape index (κ3) is 66.7. The molecular weight excluding hydrogens is 1210 g/mol. The van der Waals surface area contributed by atoms with Crippen molar-refractivity contribution in [2.45, 2.75) is 388 Å².